The van der Waals surface area contributed by atoms with Gasteiger partial charge < -0.3 is 16.0 Å². The van der Waals surface area contributed by atoms with Crippen LogP contribution in [0.1, 0.15) is 34.1 Å². The van der Waals surface area contributed by atoms with Gasteiger partial charge in [-0.25, -0.2) is 8.42 Å². The topological polar surface area (TPSA) is 195 Å². The number of primary amides is 1. The molecule has 37 heavy (non-hydrogen) atoms. The summed E-state index contributed by atoms with van der Waals surface area (Å²) in [5, 5.41) is 16.8. The molecule has 0 saturated carbocycles. The summed E-state index contributed by atoms with van der Waals surface area (Å²) in [5.74, 6) is -0.574. The van der Waals surface area contributed by atoms with Crippen molar-refractivity contribution < 1.29 is 27.1 Å². The summed E-state index contributed by atoms with van der Waals surface area (Å²) < 4.78 is 46.6. The van der Waals surface area contributed by atoms with Gasteiger partial charge in [-0.1, -0.05) is 0 Å². The molecule has 2 aliphatic rings. The van der Waals surface area contributed by atoms with Gasteiger partial charge in [0.1, 0.15) is 11.1 Å². The van der Waals surface area contributed by atoms with Crippen LogP contribution in [0.5, 0.6) is 0 Å². The highest BCUT2D eigenvalue weighted by Crippen LogP contribution is 2.40. The first kappa shape index (κ1) is 26.9. The number of amides is 2. The maximum absolute atomic E-state index is 12.8. The lowest BCUT2D eigenvalue weighted by atomic mass is 9.89. The van der Waals surface area contributed by atoms with Gasteiger partial charge >= 0.3 is 0 Å². The van der Waals surface area contributed by atoms with Gasteiger partial charge in [0.2, 0.25) is 10.0 Å². The highest BCUT2D eigenvalue weighted by Gasteiger charge is 2.50. The Morgan fingerprint density at radius 3 is 2.38 bits per heavy atom. The van der Waals surface area contributed by atoms with Crippen molar-refractivity contribution in [3.05, 3.63) is 41.6 Å². The normalized spacial score (nSPS) is 19.9. The number of carbonyl (C=O) groups excluding carboxylic acids is 2. The third-order valence-electron chi connectivity index (χ3n) is 6.63. The minimum Gasteiger partial charge on any atom is -0.365 e. The summed E-state index contributed by atoms with van der Waals surface area (Å²) in [5.41, 5.74) is 5.65. The van der Waals surface area contributed by atoms with E-state index in [4.69, 9.17) is 5.73 Å². The van der Waals surface area contributed by atoms with Crippen LogP contribution in [-0.2, 0) is 15.6 Å². The van der Waals surface area contributed by atoms with Gasteiger partial charge in [-0.15, -0.1) is 0 Å². The molecule has 2 amide bonds. The molecule has 1 aromatic carbocycles. The molecule has 5 N–H and O–H groups in total. The maximum atomic E-state index is 12.8. The Bertz CT molecular complexity index is 1330. The van der Waals surface area contributed by atoms with Gasteiger partial charge in [-0.05, 0) is 31.2 Å². The molecule has 0 spiro atoms. The second kappa shape index (κ2) is 9.95. The number of benzene rings is 1. The number of nitriles is 1. The number of anilines is 2. The standard InChI is InChI=1S/C22H29N7O6S2/c1-2-37(34,35)28-14-22(15-28,7-8-23)29-13-18(19(24)30)20(26-29)25-17-5-3-16(4-6-17)21(31)27-9-11-36(32,33)12-10-27/h3-6,13,32-33H,2,7,9-12,14-15H2,1H3,(H2,24,30)(H,25,26). The van der Waals surface area contributed by atoms with E-state index in [9.17, 15) is 32.4 Å². The summed E-state index contributed by atoms with van der Waals surface area (Å²) in [6, 6.07) is 8.56. The van der Waals surface area contributed by atoms with Crippen LogP contribution in [0, 0.1) is 11.3 Å². The number of carbonyl (C=O) groups is 2. The quantitative estimate of drug-likeness (QED) is 0.373. The van der Waals surface area contributed by atoms with Crippen LogP contribution in [0.3, 0.4) is 0 Å². The first-order valence-corrected chi connectivity index (χ1v) is 15.0. The Kier molecular flexibility index (Phi) is 7.23. The Morgan fingerprint density at radius 2 is 1.84 bits per heavy atom. The molecule has 0 aliphatic carbocycles. The predicted octanol–water partition coefficient (Wildman–Crippen LogP) is 1.21. The molecule has 0 bridgehead atoms. The number of nitrogens with two attached hydrogens (primary N) is 1. The van der Waals surface area contributed by atoms with Crippen molar-refractivity contribution in [2.75, 3.05) is 48.8 Å². The number of hydrogen-bond acceptors (Lipinski definition) is 9. The fourth-order valence-electron chi connectivity index (χ4n) is 4.31. The summed E-state index contributed by atoms with van der Waals surface area (Å²) in [6.45, 7) is 2.18. The molecular weight excluding hydrogens is 522 g/mol. The largest absolute Gasteiger partial charge is 0.365 e. The zero-order valence-electron chi connectivity index (χ0n) is 20.2. The van der Waals surface area contributed by atoms with Crippen molar-refractivity contribution >= 4 is 43.9 Å². The summed E-state index contributed by atoms with van der Waals surface area (Å²) >= 11 is 0. The minimum atomic E-state index is -3.43. The molecule has 2 aromatic rings. The third kappa shape index (κ3) is 5.43. The Morgan fingerprint density at radius 1 is 1.22 bits per heavy atom. The predicted molar refractivity (Wildman–Crippen MR) is 138 cm³/mol. The van der Waals surface area contributed by atoms with Crippen LogP contribution >= 0.6 is 10.6 Å². The van der Waals surface area contributed by atoms with Crippen LogP contribution in [-0.4, -0.2) is 91.8 Å². The van der Waals surface area contributed by atoms with Crippen LogP contribution in [0.15, 0.2) is 30.5 Å². The Balaban J connectivity index is 1.52. The van der Waals surface area contributed by atoms with Gasteiger partial charge in [-0.3, -0.25) is 23.4 Å². The van der Waals surface area contributed by atoms with Crippen LogP contribution < -0.4 is 11.1 Å². The second-order valence-corrected chi connectivity index (χ2v) is 13.8. The summed E-state index contributed by atoms with van der Waals surface area (Å²) in [7, 11) is -6.04. The van der Waals surface area contributed by atoms with E-state index in [1.54, 1.807) is 36.1 Å². The van der Waals surface area contributed by atoms with Gasteiger partial charge in [0.25, 0.3) is 11.8 Å². The van der Waals surface area contributed by atoms with E-state index in [0.29, 0.717) is 11.3 Å². The highest BCUT2D eigenvalue weighted by atomic mass is 32.3. The lowest BCUT2D eigenvalue weighted by Crippen LogP contribution is -2.64. The van der Waals surface area contributed by atoms with Gasteiger partial charge in [0.05, 0.1) is 29.7 Å². The number of aromatic nitrogens is 2. The fraction of sp³-hybridized carbons (Fsp3) is 0.455. The monoisotopic (exact) mass is 551 g/mol. The van der Waals surface area contributed by atoms with E-state index >= 15 is 0 Å². The van der Waals surface area contributed by atoms with Crippen molar-refractivity contribution in [3.63, 3.8) is 0 Å². The van der Waals surface area contributed by atoms with E-state index < -0.39 is 32.1 Å². The summed E-state index contributed by atoms with van der Waals surface area (Å²) in [6.07, 6.45) is 1.40. The number of sulfonamides is 1. The van der Waals surface area contributed by atoms with Gasteiger partial charge in [-0.2, -0.15) is 25.3 Å². The molecule has 4 rings (SSSR count). The smallest absolute Gasteiger partial charge is 0.254 e. The average molecular weight is 552 g/mol. The Hall–Kier alpha value is -3.16. The molecule has 13 nitrogen and oxygen atoms in total. The minimum absolute atomic E-state index is 0.00938. The number of rotatable bonds is 8. The SMILES string of the molecule is CCS(=O)(=O)N1CC(CC#N)(n2cc(C(N)=O)c(Nc3ccc(C(=O)N4CCS(O)(O)CC4)cc3)n2)C1. The summed E-state index contributed by atoms with van der Waals surface area (Å²) in [4.78, 5) is 26.5. The average Bonchev–Trinajstić information content (AvgIpc) is 3.25. The van der Waals surface area contributed by atoms with E-state index in [0.717, 1.165) is 0 Å². The van der Waals surface area contributed by atoms with Crippen molar-refractivity contribution in [1.82, 2.24) is 19.0 Å². The molecule has 2 saturated heterocycles. The second-order valence-electron chi connectivity index (χ2n) is 9.13. The lowest BCUT2D eigenvalue weighted by Gasteiger charge is -2.47. The van der Waals surface area contributed by atoms with Crippen molar-refractivity contribution in [1.29, 1.82) is 5.26 Å². The van der Waals surface area contributed by atoms with Crippen LogP contribution in [0.25, 0.3) is 0 Å². The van der Waals surface area contributed by atoms with Crippen molar-refractivity contribution in [2.24, 2.45) is 5.73 Å². The molecular formula is C22H29N7O6S2. The van der Waals surface area contributed by atoms with Crippen LogP contribution in [0.4, 0.5) is 11.5 Å². The molecule has 0 unspecified atom stereocenters. The van der Waals surface area contributed by atoms with E-state index in [2.05, 4.69) is 16.5 Å². The zero-order valence-corrected chi connectivity index (χ0v) is 21.8. The van der Waals surface area contributed by atoms with Gasteiger partial charge in [0.15, 0.2) is 5.82 Å². The van der Waals surface area contributed by atoms with E-state index in [1.165, 1.54) is 15.2 Å². The maximum Gasteiger partial charge on any atom is 0.254 e. The first-order valence-electron chi connectivity index (χ1n) is 11.5. The molecule has 1 aromatic heterocycles. The molecule has 2 aliphatic heterocycles. The van der Waals surface area contributed by atoms with E-state index in [1.807, 2.05) is 0 Å². The molecule has 0 atom stereocenters. The zero-order chi connectivity index (χ0) is 27.0. The van der Waals surface area contributed by atoms with E-state index in [-0.39, 0.29) is 67.1 Å². The molecule has 15 heteroatoms. The first-order chi connectivity index (χ1) is 17.4. The fourth-order valence-corrected chi connectivity index (χ4v) is 6.78. The molecule has 3 heterocycles. The number of nitrogens with one attached hydrogen (secondary N) is 1. The Labute approximate surface area is 216 Å². The van der Waals surface area contributed by atoms with Crippen molar-refractivity contribution in [2.45, 2.75) is 18.9 Å². The molecule has 200 valence electrons. The third-order valence-corrected chi connectivity index (χ3v) is 10.1. The highest BCUT2D eigenvalue weighted by molar-refractivity contribution is 8.24. The number of hydrogen-bond donors (Lipinski definition) is 4. The van der Waals surface area contributed by atoms with Crippen LogP contribution in [0.2, 0.25) is 0 Å². The van der Waals surface area contributed by atoms with Crippen molar-refractivity contribution in [3.8, 4) is 6.07 Å². The number of nitrogens with zero attached hydrogens (tertiary/aromatic N) is 5. The van der Waals surface area contributed by atoms with Gasteiger partial charge in [0, 0.05) is 43.6 Å². The molecule has 0 radical (unpaired) electrons. The lowest BCUT2D eigenvalue weighted by molar-refractivity contribution is 0.0719. The molecule has 2 fully saturated rings.